The molecule has 0 aliphatic heterocycles. The van der Waals surface area contributed by atoms with E-state index in [4.69, 9.17) is 28.9 Å². The zero-order chi connectivity index (χ0) is 13.7. The van der Waals surface area contributed by atoms with Crippen molar-refractivity contribution in [1.29, 1.82) is 0 Å². The first-order valence-electron chi connectivity index (χ1n) is 5.49. The van der Waals surface area contributed by atoms with Gasteiger partial charge in [-0.05, 0) is 0 Å². The monoisotopic (exact) mass is 302 g/mol. The van der Waals surface area contributed by atoms with Crippen LogP contribution in [0.25, 0.3) is 11.2 Å². The number of halogens is 2. The fourth-order valence-corrected chi connectivity index (χ4v) is 1.77. The third kappa shape index (κ3) is 3.42. The summed E-state index contributed by atoms with van der Waals surface area (Å²) < 4.78 is 0. The fourth-order valence-electron chi connectivity index (χ4n) is 1.38. The smallest absolute Gasteiger partial charge is 0.251 e. The Morgan fingerprint density at radius 2 is 2.00 bits per heavy atom. The van der Waals surface area contributed by atoms with Gasteiger partial charge >= 0.3 is 0 Å². The second kappa shape index (κ2) is 6.48. The molecule has 0 atom stereocenters. The van der Waals surface area contributed by atoms with E-state index in [9.17, 15) is 0 Å². The highest BCUT2D eigenvalue weighted by molar-refractivity contribution is 6.18. The molecule has 0 bridgehead atoms. The number of nitrogens with zero attached hydrogens (tertiary/aromatic N) is 6. The predicted molar refractivity (Wildman–Crippen MR) is 73.6 cm³/mol. The van der Waals surface area contributed by atoms with Gasteiger partial charge in [0.05, 0.1) is 13.1 Å². The lowest BCUT2D eigenvalue weighted by molar-refractivity contribution is 0.303. The van der Waals surface area contributed by atoms with Crippen molar-refractivity contribution in [3.8, 4) is 0 Å². The summed E-state index contributed by atoms with van der Waals surface area (Å²) >= 11 is 11.3. The van der Waals surface area contributed by atoms with E-state index in [0.29, 0.717) is 47.8 Å². The molecule has 0 amide bonds. The van der Waals surface area contributed by atoms with Gasteiger partial charge in [-0.15, -0.1) is 23.2 Å². The van der Waals surface area contributed by atoms with Crippen LogP contribution in [0.2, 0.25) is 0 Å². The van der Waals surface area contributed by atoms with Crippen molar-refractivity contribution in [3.05, 3.63) is 6.33 Å². The minimum atomic E-state index is 0.302. The Morgan fingerprint density at radius 1 is 1.26 bits per heavy atom. The van der Waals surface area contributed by atoms with Crippen LogP contribution in [0.15, 0.2) is 16.7 Å². The molecule has 0 saturated heterocycles. The summed E-state index contributed by atoms with van der Waals surface area (Å²) in [5.41, 5.74) is 6.67. The molecule has 10 heteroatoms. The number of nitrogen functional groups attached to an aromatic ring is 1. The molecule has 0 fully saturated rings. The lowest BCUT2D eigenvalue weighted by atomic mass is 10.5. The van der Waals surface area contributed by atoms with Crippen molar-refractivity contribution in [2.75, 3.05) is 30.6 Å². The van der Waals surface area contributed by atoms with Crippen LogP contribution < -0.4 is 5.73 Å². The molecule has 0 saturated carbocycles. The van der Waals surface area contributed by atoms with Crippen LogP contribution in [0, 0.1) is 0 Å². The molecule has 0 spiro atoms. The fraction of sp³-hybridized carbons (Fsp3) is 0.444. The van der Waals surface area contributed by atoms with E-state index in [1.807, 2.05) is 0 Å². The lowest BCUT2D eigenvalue weighted by Gasteiger charge is -2.13. The van der Waals surface area contributed by atoms with Crippen LogP contribution >= 0.6 is 23.2 Å². The van der Waals surface area contributed by atoms with Gasteiger partial charge in [-0.3, -0.25) is 5.01 Å². The van der Waals surface area contributed by atoms with Crippen molar-refractivity contribution < 1.29 is 0 Å². The van der Waals surface area contributed by atoms with Gasteiger partial charge in [0.2, 0.25) is 0 Å². The number of aromatic amines is 1. The number of hydrogen-bond donors (Lipinski definition) is 2. The van der Waals surface area contributed by atoms with Crippen LogP contribution in [0.1, 0.15) is 0 Å². The van der Waals surface area contributed by atoms with Gasteiger partial charge in [0.25, 0.3) is 5.95 Å². The molecule has 2 heterocycles. The van der Waals surface area contributed by atoms with Crippen molar-refractivity contribution in [1.82, 2.24) is 24.9 Å². The van der Waals surface area contributed by atoms with E-state index in [1.165, 1.54) is 6.33 Å². The standard InChI is InChI=1S/C9H12Cl2N8/c10-1-3-19(4-2-11)18-17-9-15-6-7(12)13-5-14-8(6)16-9/h5H,1-4H2,(H3,12,13,14,15,16)/b18-17+. The zero-order valence-electron chi connectivity index (χ0n) is 9.92. The first kappa shape index (κ1) is 13.8. The topological polar surface area (TPSA) is 108 Å². The Balaban J connectivity index is 2.17. The first-order chi connectivity index (χ1) is 9.24. The van der Waals surface area contributed by atoms with E-state index >= 15 is 0 Å². The third-order valence-electron chi connectivity index (χ3n) is 2.26. The highest BCUT2D eigenvalue weighted by Gasteiger charge is 2.07. The van der Waals surface area contributed by atoms with Gasteiger partial charge in [-0.25, -0.2) is 9.97 Å². The number of hydrogen-bond acceptors (Lipinski definition) is 6. The average Bonchev–Trinajstić information content (AvgIpc) is 2.81. The van der Waals surface area contributed by atoms with Crippen molar-refractivity contribution in [3.63, 3.8) is 0 Å². The number of anilines is 1. The molecule has 8 nitrogen and oxygen atoms in total. The molecular formula is C9H12Cl2N8. The molecule has 19 heavy (non-hydrogen) atoms. The number of aromatic nitrogens is 4. The summed E-state index contributed by atoms with van der Waals surface area (Å²) in [7, 11) is 0. The molecule has 2 rings (SSSR count). The molecule has 102 valence electrons. The summed E-state index contributed by atoms with van der Waals surface area (Å²) in [6, 6.07) is 0. The van der Waals surface area contributed by atoms with E-state index in [-0.39, 0.29) is 0 Å². The summed E-state index contributed by atoms with van der Waals surface area (Å²) in [5.74, 6) is 1.50. The van der Waals surface area contributed by atoms with Crippen LogP contribution in [-0.2, 0) is 0 Å². The maximum atomic E-state index is 5.68. The van der Waals surface area contributed by atoms with E-state index in [0.717, 1.165) is 0 Å². The Labute approximate surface area is 119 Å². The number of rotatable bonds is 6. The summed E-state index contributed by atoms with van der Waals surface area (Å²) in [6.07, 6.45) is 1.34. The van der Waals surface area contributed by atoms with Crippen LogP contribution in [0.3, 0.4) is 0 Å². The lowest BCUT2D eigenvalue weighted by Crippen LogP contribution is -2.21. The first-order valence-corrected chi connectivity index (χ1v) is 6.56. The number of nitrogens with one attached hydrogen (secondary N) is 1. The quantitative estimate of drug-likeness (QED) is 0.480. The maximum absolute atomic E-state index is 5.68. The highest BCUT2D eigenvalue weighted by Crippen LogP contribution is 2.17. The van der Waals surface area contributed by atoms with Crippen LogP contribution in [0.5, 0.6) is 0 Å². The van der Waals surface area contributed by atoms with Crippen molar-refractivity contribution >= 4 is 46.1 Å². The largest absolute Gasteiger partial charge is 0.382 e. The van der Waals surface area contributed by atoms with E-state index < -0.39 is 0 Å². The van der Waals surface area contributed by atoms with E-state index in [1.54, 1.807) is 5.01 Å². The highest BCUT2D eigenvalue weighted by atomic mass is 35.5. The molecule has 0 aliphatic rings. The average molecular weight is 303 g/mol. The predicted octanol–water partition coefficient (Wildman–Crippen LogP) is 1.71. The van der Waals surface area contributed by atoms with Crippen molar-refractivity contribution in [2.24, 2.45) is 10.3 Å². The number of nitrogens with two attached hydrogens (primary N) is 1. The second-order valence-electron chi connectivity index (χ2n) is 3.54. The van der Waals surface area contributed by atoms with Gasteiger partial charge in [-0.1, -0.05) is 10.3 Å². The number of fused-ring (bicyclic) bond motifs is 1. The van der Waals surface area contributed by atoms with Gasteiger partial charge in [0.15, 0.2) is 11.5 Å². The molecular weight excluding hydrogens is 291 g/mol. The van der Waals surface area contributed by atoms with Gasteiger partial charge < -0.3 is 10.7 Å². The second-order valence-corrected chi connectivity index (χ2v) is 4.29. The van der Waals surface area contributed by atoms with Crippen LogP contribution in [-0.4, -0.2) is 49.8 Å². The summed E-state index contributed by atoms with van der Waals surface area (Å²) in [6.45, 7) is 1.11. The number of H-pyrrole nitrogens is 1. The SMILES string of the molecule is Nc1ncnc2nc(/N=N/N(CCCl)CCCl)[nH]c12. The number of imidazole rings is 1. The molecule has 0 aromatic carbocycles. The molecule has 0 radical (unpaired) electrons. The van der Waals surface area contributed by atoms with Gasteiger partial charge in [0.1, 0.15) is 11.8 Å². The zero-order valence-corrected chi connectivity index (χ0v) is 11.4. The minimum Gasteiger partial charge on any atom is -0.382 e. The number of alkyl halides is 2. The molecule has 0 aliphatic carbocycles. The van der Waals surface area contributed by atoms with Gasteiger partial charge in [0, 0.05) is 11.8 Å². The Morgan fingerprint density at radius 3 is 2.63 bits per heavy atom. The van der Waals surface area contributed by atoms with Gasteiger partial charge in [-0.2, -0.15) is 4.98 Å². The minimum absolute atomic E-state index is 0.302. The van der Waals surface area contributed by atoms with E-state index in [2.05, 4.69) is 30.3 Å². The van der Waals surface area contributed by atoms with Crippen molar-refractivity contribution in [2.45, 2.75) is 0 Å². The molecule has 2 aromatic rings. The maximum Gasteiger partial charge on any atom is 0.251 e. The summed E-state index contributed by atoms with van der Waals surface area (Å²) in [4.78, 5) is 14.8. The normalized spacial score (nSPS) is 11.5. The third-order valence-corrected chi connectivity index (χ3v) is 2.59. The molecule has 3 N–H and O–H groups in total. The summed E-state index contributed by atoms with van der Waals surface area (Å²) in [5, 5.41) is 9.63. The Hall–Kier alpha value is -1.67. The molecule has 0 unspecified atom stereocenters. The Bertz CT molecular complexity index is 562. The van der Waals surface area contributed by atoms with Crippen LogP contribution in [0.4, 0.5) is 11.8 Å². The Kier molecular flexibility index (Phi) is 4.69. The molecule has 2 aromatic heterocycles.